The number of nitrogen functional groups attached to an aromatic ring is 1. The van der Waals surface area contributed by atoms with Crippen LogP contribution in [0.1, 0.15) is 0 Å². The normalized spacial score (nSPS) is 9.64. The van der Waals surface area contributed by atoms with Gasteiger partial charge in [0.1, 0.15) is 0 Å². The lowest BCUT2D eigenvalue weighted by Gasteiger charge is -2.14. The molecule has 1 rings (SSSR count). The van der Waals surface area contributed by atoms with Gasteiger partial charge >= 0.3 is 0 Å². The molecule has 0 spiro atoms. The van der Waals surface area contributed by atoms with Gasteiger partial charge in [-0.3, -0.25) is 0 Å². The molecular formula is C9H13NO4. The molecule has 78 valence electrons. The summed E-state index contributed by atoms with van der Waals surface area (Å²) < 4.78 is 15.0. The van der Waals surface area contributed by atoms with E-state index in [0.717, 1.165) is 0 Å². The fourth-order valence-corrected chi connectivity index (χ4v) is 1.16. The Bertz CT molecular complexity index is 338. The first kappa shape index (κ1) is 10.3. The molecule has 14 heavy (non-hydrogen) atoms. The average molecular weight is 199 g/mol. The van der Waals surface area contributed by atoms with Gasteiger partial charge in [-0.15, -0.1) is 0 Å². The van der Waals surface area contributed by atoms with Crippen LogP contribution in [0.25, 0.3) is 0 Å². The number of rotatable bonds is 3. The number of anilines is 1. The molecule has 0 atom stereocenters. The van der Waals surface area contributed by atoms with Gasteiger partial charge in [0.25, 0.3) is 0 Å². The molecule has 3 N–H and O–H groups in total. The maximum absolute atomic E-state index is 9.54. The highest BCUT2D eigenvalue weighted by Gasteiger charge is 2.18. The van der Waals surface area contributed by atoms with Crippen molar-refractivity contribution in [1.82, 2.24) is 0 Å². The maximum atomic E-state index is 9.54. The topological polar surface area (TPSA) is 73.9 Å². The number of aromatic hydroxyl groups is 1. The average Bonchev–Trinajstić information content (AvgIpc) is 2.20. The van der Waals surface area contributed by atoms with Crippen molar-refractivity contribution in [2.45, 2.75) is 0 Å². The first-order valence-corrected chi connectivity index (χ1v) is 3.93. The maximum Gasteiger partial charge on any atom is 0.209 e. The molecule has 0 saturated heterocycles. The lowest BCUT2D eigenvalue weighted by Crippen LogP contribution is -1.97. The van der Waals surface area contributed by atoms with E-state index in [2.05, 4.69) is 0 Å². The number of nitrogens with two attached hydrogens (primary N) is 1. The summed E-state index contributed by atoms with van der Waals surface area (Å²) in [6.07, 6.45) is 0. The van der Waals surface area contributed by atoms with E-state index in [9.17, 15) is 5.11 Å². The summed E-state index contributed by atoms with van der Waals surface area (Å²) in [6.45, 7) is 0. The number of ether oxygens (including phenoxy) is 3. The molecule has 0 heterocycles. The van der Waals surface area contributed by atoms with E-state index in [4.69, 9.17) is 19.9 Å². The van der Waals surface area contributed by atoms with E-state index in [-0.39, 0.29) is 17.2 Å². The first-order chi connectivity index (χ1) is 6.65. The molecule has 0 aliphatic rings. The van der Waals surface area contributed by atoms with Gasteiger partial charge in [0.05, 0.1) is 27.0 Å². The Labute approximate surface area is 82.0 Å². The Hall–Kier alpha value is -1.78. The monoisotopic (exact) mass is 199 g/mol. The highest BCUT2D eigenvalue weighted by molar-refractivity contribution is 5.70. The predicted molar refractivity (Wildman–Crippen MR) is 52.2 cm³/mol. The molecule has 5 nitrogen and oxygen atoms in total. The second-order valence-corrected chi connectivity index (χ2v) is 2.58. The summed E-state index contributed by atoms with van der Waals surface area (Å²) >= 11 is 0. The fourth-order valence-electron chi connectivity index (χ4n) is 1.16. The van der Waals surface area contributed by atoms with Crippen molar-refractivity contribution in [1.29, 1.82) is 0 Å². The fraction of sp³-hybridized carbons (Fsp3) is 0.333. The molecular weight excluding hydrogens is 186 g/mol. The highest BCUT2D eigenvalue weighted by atomic mass is 16.5. The van der Waals surface area contributed by atoms with Crippen molar-refractivity contribution in [3.8, 4) is 23.0 Å². The Morgan fingerprint density at radius 3 is 2.07 bits per heavy atom. The van der Waals surface area contributed by atoms with Crippen LogP contribution in [0.3, 0.4) is 0 Å². The molecule has 5 heteroatoms. The molecule has 1 aromatic rings. The summed E-state index contributed by atoms with van der Waals surface area (Å²) in [5, 5.41) is 9.54. The number of hydrogen-bond donors (Lipinski definition) is 2. The van der Waals surface area contributed by atoms with E-state index in [1.54, 1.807) is 0 Å². The minimum atomic E-state index is -0.148. The summed E-state index contributed by atoms with van der Waals surface area (Å²) in [5.74, 6) is 0.760. The molecule has 0 unspecified atom stereocenters. The Morgan fingerprint density at radius 2 is 1.64 bits per heavy atom. The van der Waals surface area contributed by atoms with Gasteiger partial charge < -0.3 is 25.1 Å². The van der Waals surface area contributed by atoms with Gasteiger partial charge in [0.15, 0.2) is 11.5 Å². The third kappa shape index (κ3) is 1.48. The van der Waals surface area contributed by atoms with E-state index >= 15 is 0 Å². The van der Waals surface area contributed by atoms with E-state index in [1.165, 1.54) is 27.4 Å². The molecule has 0 aromatic heterocycles. The molecule has 0 aliphatic heterocycles. The summed E-state index contributed by atoms with van der Waals surface area (Å²) in [6, 6.07) is 1.47. The summed E-state index contributed by atoms with van der Waals surface area (Å²) in [7, 11) is 4.35. The predicted octanol–water partition coefficient (Wildman–Crippen LogP) is 1.00. The lowest BCUT2D eigenvalue weighted by atomic mass is 10.2. The van der Waals surface area contributed by atoms with E-state index in [0.29, 0.717) is 11.5 Å². The summed E-state index contributed by atoms with van der Waals surface area (Å²) in [4.78, 5) is 0. The molecule has 0 saturated carbocycles. The van der Waals surface area contributed by atoms with Crippen LogP contribution in [0.2, 0.25) is 0 Å². The second kappa shape index (κ2) is 3.95. The Balaban J connectivity index is 3.42. The van der Waals surface area contributed by atoms with Crippen molar-refractivity contribution in [2.75, 3.05) is 27.1 Å². The second-order valence-electron chi connectivity index (χ2n) is 2.58. The van der Waals surface area contributed by atoms with Crippen molar-refractivity contribution in [2.24, 2.45) is 0 Å². The first-order valence-electron chi connectivity index (χ1n) is 3.93. The van der Waals surface area contributed by atoms with E-state index < -0.39 is 0 Å². The minimum absolute atomic E-state index is 0.148. The molecule has 0 fully saturated rings. The minimum Gasteiger partial charge on any atom is -0.503 e. The van der Waals surface area contributed by atoms with Gasteiger partial charge in [-0.1, -0.05) is 0 Å². The number of hydrogen-bond acceptors (Lipinski definition) is 5. The van der Waals surface area contributed by atoms with Gasteiger partial charge in [-0.25, -0.2) is 0 Å². The van der Waals surface area contributed by atoms with Gasteiger partial charge in [0, 0.05) is 6.07 Å². The van der Waals surface area contributed by atoms with Crippen molar-refractivity contribution >= 4 is 5.69 Å². The zero-order valence-electron chi connectivity index (χ0n) is 8.33. The van der Waals surface area contributed by atoms with Crippen LogP contribution in [-0.2, 0) is 0 Å². The van der Waals surface area contributed by atoms with Crippen molar-refractivity contribution in [3.63, 3.8) is 0 Å². The molecule has 0 aliphatic carbocycles. The van der Waals surface area contributed by atoms with Gasteiger partial charge in [-0.2, -0.15) is 0 Å². The van der Waals surface area contributed by atoms with Crippen LogP contribution in [0.4, 0.5) is 5.69 Å². The molecule has 0 radical (unpaired) electrons. The number of benzene rings is 1. The SMILES string of the molecule is COc1cc(N)c(O)c(OC)c1OC. The third-order valence-electron chi connectivity index (χ3n) is 1.83. The van der Waals surface area contributed by atoms with Crippen LogP contribution in [0, 0.1) is 0 Å². The van der Waals surface area contributed by atoms with Crippen LogP contribution in [0.5, 0.6) is 23.0 Å². The van der Waals surface area contributed by atoms with Crippen molar-refractivity contribution < 1.29 is 19.3 Å². The lowest BCUT2D eigenvalue weighted by molar-refractivity contribution is 0.311. The number of methoxy groups -OCH3 is 3. The summed E-state index contributed by atoms with van der Waals surface area (Å²) in [5.41, 5.74) is 5.71. The zero-order valence-corrected chi connectivity index (χ0v) is 8.33. The van der Waals surface area contributed by atoms with Crippen LogP contribution in [-0.4, -0.2) is 26.4 Å². The quantitative estimate of drug-likeness (QED) is 0.561. The molecule has 1 aromatic carbocycles. The zero-order chi connectivity index (χ0) is 10.7. The van der Waals surface area contributed by atoms with Gasteiger partial charge in [0.2, 0.25) is 11.5 Å². The Kier molecular flexibility index (Phi) is 2.91. The largest absolute Gasteiger partial charge is 0.503 e. The van der Waals surface area contributed by atoms with E-state index in [1.807, 2.05) is 0 Å². The molecule has 0 bridgehead atoms. The van der Waals surface area contributed by atoms with Crippen LogP contribution >= 0.6 is 0 Å². The number of phenols is 1. The standard InChI is InChI=1S/C9H13NO4/c1-12-6-4-5(10)7(11)9(14-3)8(6)13-2/h4,11H,10H2,1-3H3. The Morgan fingerprint density at radius 1 is 1.07 bits per heavy atom. The van der Waals surface area contributed by atoms with Crippen LogP contribution < -0.4 is 19.9 Å². The van der Waals surface area contributed by atoms with Gasteiger partial charge in [-0.05, 0) is 0 Å². The highest BCUT2D eigenvalue weighted by Crippen LogP contribution is 2.46. The van der Waals surface area contributed by atoms with Crippen molar-refractivity contribution in [3.05, 3.63) is 6.07 Å². The molecule has 0 amide bonds. The number of phenolic OH excluding ortho intramolecular Hbond substituents is 1. The third-order valence-corrected chi connectivity index (χ3v) is 1.83. The van der Waals surface area contributed by atoms with Crippen LogP contribution in [0.15, 0.2) is 6.07 Å². The smallest absolute Gasteiger partial charge is 0.209 e.